The van der Waals surface area contributed by atoms with Crippen LogP contribution in [0.1, 0.15) is 18.9 Å². The lowest BCUT2D eigenvalue weighted by molar-refractivity contribution is 0.317. The molecule has 2 rings (SSSR count). The lowest BCUT2D eigenvalue weighted by Gasteiger charge is -2.12. The number of rotatable bonds is 8. The Morgan fingerprint density at radius 2 is 1.91 bits per heavy atom. The number of aryl methyl sites for hydroxylation is 1. The first-order valence-corrected chi connectivity index (χ1v) is 7.92. The van der Waals surface area contributed by atoms with E-state index in [1.54, 1.807) is 0 Å². The fourth-order valence-electron chi connectivity index (χ4n) is 2.05. The molecule has 0 aliphatic carbocycles. The van der Waals surface area contributed by atoms with Gasteiger partial charge in [0.15, 0.2) is 0 Å². The van der Waals surface area contributed by atoms with E-state index in [0.29, 0.717) is 6.61 Å². The highest BCUT2D eigenvalue weighted by molar-refractivity contribution is 6.30. The maximum absolute atomic E-state index is 5.93. The molecule has 0 saturated carbocycles. The topological polar surface area (TPSA) is 30.5 Å². The van der Waals surface area contributed by atoms with Crippen molar-refractivity contribution < 1.29 is 9.47 Å². The predicted octanol–water partition coefficient (Wildman–Crippen LogP) is 4.93. The van der Waals surface area contributed by atoms with E-state index in [4.69, 9.17) is 21.1 Å². The van der Waals surface area contributed by atoms with Gasteiger partial charge >= 0.3 is 0 Å². The molecule has 118 valence electrons. The minimum atomic E-state index is 0.586. The lowest BCUT2D eigenvalue weighted by Crippen LogP contribution is -2.12. The van der Waals surface area contributed by atoms with Crippen molar-refractivity contribution in [2.45, 2.75) is 20.3 Å². The van der Waals surface area contributed by atoms with Crippen molar-refractivity contribution in [3.63, 3.8) is 0 Å². The summed E-state index contributed by atoms with van der Waals surface area (Å²) in [6, 6.07) is 13.6. The Bertz CT molecular complexity index is 601. The van der Waals surface area contributed by atoms with E-state index in [0.717, 1.165) is 47.3 Å². The van der Waals surface area contributed by atoms with E-state index in [9.17, 15) is 0 Å². The molecule has 22 heavy (non-hydrogen) atoms. The molecular formula is C18H22ClNO2. The van der Waals surface area contributed by atoms with E-state index >= 15 is 0 Å². The van der Waals surface area contributed by atoms with Crippen LogP contribution in [0, 0.1) is 6.92 Å². The maximum atomic E-state index is 5.93. The van der Waals surface area contributed by atoms with Crippen LogP contribution >= 0.6 is 11.6 Å². The molecule has 0 amide bonds. The normalized spacial score (nSPS) is 10.3. The molecule has 0 aliphatic rings. The molecule has 0 saturated heterocycles. The average Bonchev–Trinajstić information content (AvgIpc) is 2.51. The number of anilines is 1. The van der Waals surface area contributed by atoms with Crippen LogP contribution in [0.15, 0.2) is 42.5 Å². The number of halogens is 1. The highest BCUT2D eigenvalue weighted by atomic mass is 35.5. The van der Waals surface area contributed by atoms with Crippen molar-refractivity contribution >= 4 is 17.3 Å². The Labute approximate surface area is 137 Å². The van der Waals surface area contributed by atoms with E-state index in [1.165, 1.54) is 0 Å². The van der Waals surface area contributed by atoms with Crippen molar-refractivity contribution in [2.24, 2.45) is 0 Å². The lowest BCUT2D eigenvalue weighted by atomic mass is 10.2. The molecular weight excluding hydrogens is 298 g/mol. The number of benzene rings is 2. The zero-order valence-electron chi connectivity index (χ0n) is 13.1. The zero-order valence-corrected chi connectivity index (χ0v) is 13.8. The standard InChI is InChI=1S/C18H22ClNO2/c1-3-10-21-17-6-4-5-16(13-17)20-9-11-22-18-8-7-15(19)12-14(18)2/h4-8,12-13,20H,3,9-11H2,1-2H3. The van der Waals surface area contributed by atoms with E-state index in [1.807, 2.05) is 49.4 Å². The van der Waals surface area contributed by atoms with Gasteiger partial charge < -0.3 is 14.8 Å². The first-order valence-electron chi connectivity index (χ1n) is 7.54. The molecule has 0 atom stereocenters. The molecule has 0 fully saturated rings. The molecule has 2 aromatic carbocycles. The van der Waals surface area contributed by atoms with Gasteiger partial charge in [-0.05, 0) is 49.2 Å². The summed E-state index contributed by atoms with van der Waals surface area (Å²) in [6.45, 7) is 6.13. The van der Waals surface area contributed by atoms with Gasteiger partial charge in [-0.2, -0.15) is 0 Å². The third-order valence-electron chi connectivity index (χ3n) is 3.13. The smallest absolute Gasteiger partial charge is 0.122 e. The molecule has 3 nitrogen and oxygen atoms in total. The quantitative estimate of drug-likeness (QED) is 0.700. The van der Waals surface area contributed by atoms with Crippen molar-refractivity contribution in [3.05, 3.63) is 53.1 Å². The van der Waals surface area contributed by atoms with Crippen LogP contribution in [0.4, 0.5) is 5.69 Å². The third kappa shape index (κ3) is 5.15. The fourth-order valence-corrected chi connectivity index (χ4v) is 2.27. The van der Waals surface area contributed by atoms with Crippen molar-refractivity contribution in [1.29, 1.82) is 0 Å². The summed E-state index contributed by atoms with van der Waals surface area (Å²) in [5, 5.41) is 4.06. The summed E-state index contributed by atoms with van der Waals surface area (Å²) in [7, 11) is 0. The van der Waals surface area contributed by atoms with Crippen LogP contribution in [-0.4, -0.2) is 19.8 Å². The molecule has 0 unspecified atom stereocenters. The fraction of sp³-hybridized carbons (Fsp3) is 0.333. The second-order valence-corrected chi connectivity index (χ2v) is 5.50. The van der Waals surface area contributed by atoms with Gasteiger partial charge in [0.25, 0.3) is 0 Å². The van der Waals surface area contributed by atoms with E-state index in [2.05, 4.69) is 12.2 Å². The van der Waals surface area contributed by atoms with Crippen LogP contribution in [0.5, 0.6) is 11.5 Å². The monoisotopic (exact) mass is 319 g/mol. The Kier molecular flexibility index (Phi) is 6.41. The minimum Gasteiger partial charge on any atom is -0.494 e. The number of nitrogens with one attached hydrogen (secondary N) is 1. The van der Waals surface area contributed by atoms with Gasteiger partial charge in [-0.3, -0.25) is 0 Å². The summed E-state index contributed by atoms with van der Waals surface area (Å²) in [6.07, 6.45) is 1.01. The molecule has 0 radical (unpaired) electrons. The van der Waals surface area contributed by atoms with Crippen molar-refractivity contribution in [2.75, 3.05) is 25.1 Å². The summed E-state index contributed by atoms with van der Waals surface area (Å²) < 4.78 is 11.4. The first-order chi connectivity index (χ1) is 10.7. The Hall–Kier alpha value is -1.87. The molecule has 0 heterocycles. The van der Waals surface area contributed by atoms with Gasteiger partial charge in [0, 0.05) is 23.3 Å². The third-order valence-corrected chi connectivity index (χ3v) is 3.37. The molecule has 0 bridgehead atoms. The summed E-state index contributed by atoms with van der Waals surface area (Å²) in [5.74, 6) is 1.76. The highest BCUT2D eigenvalue weighted by Crippen LogP contribution is 2.22. The van der Waals surface area contributed by atoms with Gasteiger partial charge in [-0.15, -0.1) is 0 Å². The molecule has 2 aromatic rings. The second kappa shape index (κ2) is 8.54. The van der Waals surface area contributed by atoms with Crippen molar-refractivity contribution in [1.82, 2.24) is 0 Å². The Morgan fingerprint density at radius 3 is 2.68 bits per heavy atom. The van der Waals surface area contributed by atoms with Gasteiger partial charge in [0.2, 0.25) is 0 Å². The molecule has 1 N–H and O–H groups in total. The second-order valence-electron chi connectivity index (χ2n) is 5.06. The minimum absolute atomic E-state index is 0.586. The number of hydrogen-bond acceptors (Lipinski definition) is 3. The largest absolute Gasteiger partial charge is 0.494 e. The van der Waals surface area contributed by atoms with E-state index < -0.39 is 0 Å². The van der Waals surface area contributed by atoms with Gasteiger partial charge in [0.1, 0.15) is 18.1 Å². The number of hydrogen-bond donors (Lipinski definition) is 1. The average molecular weight is 320 g/mol. The first kappa shape index (κ1) is 16.5. The zero-order chi connectivity index (χ0) is 15.8. The van der Waals surface area contributed by atoms with Gasteiger partial charge in [-0.1, -0.05) is 24.6 Å². The Balaban J connectivity index is 1.78. The van der Waals surface area contributed by atoms with Crippen LogP contribution in [-0.2, 0) is 0 Å². The summed E-state index contributed by atoms with van der Waals surface area (Å²) in [4.78, 5) is 0. The summed E-state index contributed by atoms with van der Waals surface area (Å²) in [5.41, 5.74) is 2.08. The summed E-state index contributed by atoms with van der Waals surface area (Å²) >= 11 is 5.93. The maximum Gasteiger partial charge on any atom is 0.122 e. The van der Waals surface area contributed by atoms with Gasteiger partial charge in [0.05, 0.1) is 6.61 Å². The predicted molar refractivity (Wildman–Crippen MR) is 92.4 cm³/mol. The number of ether oxygens (including phenoxy) is 2. The molecule has 4 heteroatoms. The van der Waals surface area contributed by atoms with Crippen LogP contribution in [0.3, 0.4) is 0 Å². The highest BCUT2D eigenvalue weighted by Gasteiger charge is 2.00. The van der Waals surface area contributed by atoms with Crippen LogP contribution < -0.4 is 14.8 Å². The van der Waals surface area contributed by atoms with Crippen LogP contribution in [0.25, 0.3) is 0 Å². The van der Waals surface area contributed by atoms with Crippen LogP contribution in [0.2, 0.25) is 5.02 Å². The molecule has 0 aromatic heterocycles. The van der Waals surface area contributed by atoms with Crippen molar-refractivity contribution in [3.8, 4) is 11.5 Å². The molecule has 0 aliphatic heterocycles. The van der Waals surface area contributed by atoms with E-state index in [-0.39, 0.29) is 0 Å². The SMILES string of the molecule is CCCOc1cccc(NCCOc2ccc(Cl)cc2C)c1. The van der Waals surface area contributed by atoms with Gasteiger partial charge in [-0.25, -0.2) is 0 Å². The Morgan fingerprint density at radius 1 is 1.05 bits per heavy atom. The molecule has 0 spiro atoms.